The van der Waals surface area contributed by atoms with Crippen LogP contribution in [0.25, 0.3) is 0 Å². The Balaban J connectivity index is 2.19. The highest BCUT2D eigenvalue weighted by atomic mass is 16.5. The van der Waals surface area contributed by atoms with Gasteiger partial charge in [-0.05, 0) is 18.6 Å². The summed E-state index contributed by atoms with van der Waals surface area (Å²) in [5, 5.41) is 0. The maximum Gasteiger partial charge on any atom is 0.338 e. The fraction of sp³-hybridized carbons (Fsp3) is 0.455. The van der Waals surface area contributed by atoms with E-state index in [9.17, 15) is 4.79 Å². The van der Waals surface area contributed by atoms with Gasteiger partial charge in [0.1, 0.15) is 5.82 Å². The summed E-state index contributed by atoms with van der Waals surface area (Å²) in [6.45, 7) is 1.68. The van der Waals surface area contributed by atoms with Crippen molar-refractivity contribution in [1.29, 1.82) is 0 Å². The lowest BCUT2D eigenvalue weighted by molar-refractivity contribution is 0.0600. The van der Waals surface area contributed by atoms with Crippen LogP contribution in [-0.2, 0) is 4.74 Å². The van der Waals surface area contributed by atoms with Crippen LogP contribution in [0.2, 0.25) is 0 Å². The molecule has 1 aromatic rings. The van der Waals surface area contributed by atoms with Crippen LogP contribution >= 0.6 is 0 Å². The minimum atomic E-state index is -0.341. The predicted molar refractivity (Wildman–Crippen MR) is 60.4 cm³/mol. The highest BCUT2D eigenvalue weighted by Gasteiger charge is 2.20. The second-order valence-electron chi connectivity index (χ2n) is 3.89. The van der Waals surface area contributed by atoms with Gasteiger partial charge in [0, 0.05) is 25.3 Å². The molecule has 16 heavy (non-hydrogen) atoms. The molecule has 0 saturated carbocycles. The molecular formula is C11H15N3O2. The van der Waals surface area contributed by atoms with Crippen molar-refractivity contribution in [2.24, 2.45) is 5.73 Å². The second-order valence-corrected chi connectivity index (χ2v) is 3.89. The van der Waals surface area contributed by atoms with E-state index in [2.05, 4.69) is 14.6 Å². The molecule has 1 fully saturated rings. The molecule has 5 nitrogen and oxygen atoms in total. The number of aromatic nitrogens is 1. The van der Waals surface area contributed by atoms with Crippen molar-refractivity contribution < 1.29 is 9.53 Å². The van der Waals surface area contributed by atoms with E-state index in [1.807, 2.05) is 0 Å². The van der Waals surface area contributed by atoms with E-state index in [-0.39, 0.29) is 12.0 Å². The Morgan fingerprint density at radius 1 is 1.69 bits per heavy atom. The molecule has 2 rings (SSSR count). The van der Waals surface area contributed by atoms with Crippen LogP contribution < -0.4 is 10.6 Å². The third kappa shape index (κ3) is 2.14. The van der Waals surface area contributed by atoms with Gasteiger partial charge in [-0.2, -0.15) is 0 Å². The number of pyridine rings is 1. The predicted octanol–water partition coefficient (Wildman–Crippen LogP) is 0.406. The summed E-state index contributed by atoms with van der Waals surface area (Å²) in [5.41, 5.74) is 6.35. The minimum absolute atomic E-state index is 0.198. The van der Waals surface area contributed by atoms with Crippen molar-refractivity contribution in [2.45, 2.75) is 12.5 Å². The zero-order valence-corrected chi connectivity index (χ0v) is 9.22. The van der Waals surface area contributed by atoms with Crippen LogP contribution in [0.4, 0.5) is 5.82 Å². The Bertz CT molecular complexity index is 395. The van der Waals surface area contributed by atoms with Crippen molar-refractivity contribution in [3.05, 3.63) is 23.9 Å². The van der Waals surface area contributed by atoms with Crippen molar-refractivity contribution in [2.75, 3.05) is 25.1 Å². The highest BCUT2D eigenvalue weighted by molar-refractivity contribution is 5.90. The number of carbonyl (C=O) groups is 1. The molecule has 0 spiro atoms. The van der Waals surface area contributed by atoms with E-state index in [1.54, 1.807) is 18.3 Å². The summed E-state index contributed by atoms with van der Waals surface area (Å²) < 4.78 is 4.67. The van der Waals surface area contributed by atoms with Gasteiger partial charge in [0.25, 0.3) is 0 Å². The molecule has 1 aromatic heterocycles. The van der Waals surface area contributed by atoms with Crippen molar-refractivity contribution in [3.8, 4) is 0 Å². The van der Waals surface area contributed by atoms with Crippen molar-refractivity contribution >= 4 is 11.8 Å². The topological polar surface area (TPSA) is 68.5 Å². The molecule has 2 heterocycles. The molecule has 86 valence electrons. The number of ether oxygens (including phenoxy) is 1. The standard InChI is InChI=1S/C11H15N3O2/c1-16-11(15)8-2-4-13-10(6-8)14-5-3-9(12)7-14/h2,4,6,9H,3,5,7,12H2,1H3. The average molecular weight is 221 g/mol. The normalized spacial score (nSPS) is 19.9. The molecule has 1 atom stereocenters. The largest absolute Gasteiger partial charge is 0.465 e. The number of esters is 1. The van der Waals surface area contributed by atoms with Gasteiger partial charge in [-0.25, -0.2) is 9.78 Å². The lowest BCUT2D eigenvalue weighted by Gasteiger charge is -2.16. The van der Waals surface area contributed by atoms with Gasteiger partial charge >= 0.3 is 5.97 Å². The number of methoxy groups -OCH3 is 1. The maximum atomic E-state index is 11.4. The van der Waals surface area contributed by atoms with E-state index < -0.39 is 0 Å². The van der Waals surface area contributed by atoms with Gasteiger partial charge in [-0.1, -0.05) is 0 Å². The fourth-order valence-electron chi connectivity index (χ4n) is 1.83. The molecule has 1 aliphatic rings. The number of nitrogens with zero attached hydrogens (tertiary/aromatic N) is 2. The smallest absolute Gasteiger partial charge is 0.338 e. The van der Waals surface area contributed by atoms with E-state index in [0.717, 1.165) is 25.3 Å². The number of carbonyl (C=O) groups excluding carboxylic acids is 1. The summed E-state index contributed by atoms with van der Waals surface area (Å²) in [6.07, 6.45) is 2.58. The molecule has 5 heteroatoms. The van der Waals surface area contributed by atoms with E-state index >= 15 is 0 Å². The maximum absolute atomic E-state index is 11.4. The number of nitrogens with two attached hydrogens (primary N) is 1. The molecule has 1 unspecified atom stereocenters. The van der Waals surface area contributed by atoms with Crippen LogP contribution in [0.15, 0.2) is 18.3 Å². The number of rotatable bonds is 2. The molecule has 0 aromatic carbocycles. The summed E-state index contributed by atoms with van der Waals surface area (Å²) in [5.74, 6) is 0.447. The number of hydrogen-bond donors (Lipinski definition) is 1. The van der Waals surface area contributed by atoms with Crippen LogP contribution in [0.5, 0.6) is 0 Å². The van der Waals surface area contributed by atoms with E-state index in [4.69, 9.17) is 5.73 Å². The Kier molecular flexibility index (Phi) is 3.05. The van der Waals surface area contributed by atoms with Crippen LogP contribution in [-0.4, -0.2) is 37.2 Å². The SMILES string of the molecule is COC(=O)c1ccnc(N2CCC(N)C2)c1. The van der Waals surface area contributed by atoms with Gasteiger partial charge in [0.05, 0.1) is 12.7 Å². The molecule has 0 amide bonds. The molecule has 2 N–H and O–H groups in total. The van der Waals surface area contributed by atoms with Crippen molar-refractivity contribution in [1.82, 2.24) is 4.98 Å². The van der Waals surface area contributed by atoms with Gasteiger partial charge in [-0.3, -0.25) is 0 Å². The van der Waals surface area contributed by atoms with Gasteiger partial charge < -0.3 is 15.4 Å². The molecular weight excluding hydrogens is 206 g/mol. The summed E-state index contributed by atoms with van der Waals surface area (Å²) in [7, 11) is 1.37. The van der Waals surface area contributed by atoms with Crippen LogP contribution in [0, 0.1) is 0 Å². The third-order valence-electron chi connectivity index (χ3n) is 2.72. The van der Waals surface area contributed by atoms with Gasteiger partial charge in [0.2, 0.25) is 0 Å². The molecule has 1 saturated heterocycles. The molecule has 1 aliphatic heterocycles. The molecule has 0 radical (unpaired) electrons. The first-order chi connectivity index (χ1) is 7.70. The van der Waals surface area contributed by atoms with Crippen LogP contribution in [0.3, 0.4) is 0 Å². The lowest BCUT2D eigenvalue weighted by atomic mass is 10.2. The summed E-state index contributed by atoms with van der Waals surface area (Å²) in [6, 6.07) is 3.58. The number of hydrogen-bond acceptors (Lipinski definition) is 5. The summed E-state index contributed by atoms with van der Waals surface area (Å²) in [4.78, 5) is 17.7. The third-order valence-corrected chi connectivity index (χ3v) is 2.72. The first-order valence-corrected chi connectivity index (χ1v) is 5.25. The van der Waals surface area contributed by atoms with E-state index in [0.29, 0.717) is 5.56 Å². The van der Waals surface area contributed by atoms with Crippen molar-refractivity contribution in [3.63, 3.8) is 0 Å². The average Bonchev–Trinajstić information content (AvgIpc) is 2.75. The quantitative estimate of drug-likeness (QED) is 0.732. The fourth-order valence-corrected chi connectivity index (χ4v) is 1.83. The monoisotopic (exact) mass is 221 g/mol. The Labute approximate surface area is 94.2 Å². The van der Waals surface area contributed by atoms with Crippen LogP contribution in [0.1, 0.15) is 16.8 Å². The zero-order valence-electron chi connectivity index (χ0n) is 9.22. The lowest BCUT2D eigenvalue weighted by Crippen LogP contribution is -2.27. The first kappa shape index (κ1) is 10.9. The zero-order chi connectivity index (χ0) is 11.5. The Hall–Kier alpha value is -1.62. The van der Waals surface area contributed by atoms with Gasteiger partial charge in [0.15, 0.2) is 0 Å². The highest BCUT2D eigenvalue weighted by Crippen LogP contribution is 2.18. The Morgan fingerprint density at radius 3 is 3.12 bits per heavy atom. The van der Waals surface area contributed by atoms with E-state index in [1.165, 1.54) is 7.11 Å². The van der Waals surface area contributed by atoms with Gasteiger partial charge in [-0.15, -0.1) is 0 Å². The minimum Gasteiger partial charge on any atom is -0.465 e. The summed E-state index contributed by atoms with van der Waals surface area (Å²) >= 11 is 0. The molecule has 0 aliphatic carbocycles. The Morgan fingerprint density at radius 2 is 2.50 bits per heavy atom. The number of anilines is 1. The second kappa shape index (κ2) is 4.49. The first-order valence-electron chi connectivity index (χ1n) is 5.25. The molecule has 0 bridgehead atoms.